The first kappa shape index (κ1) is 17.4. The van der Waals surface area contributed by atoms with Gasteiger partial charge in [-0.05, 0) is 32.8 Å². The summed E-state index contributed by atoms with van der Waals surface area (Å²) in [6.45, 7) is 3.63. The summed E-state index contributed by atoms with van der Waals surface area (Å²) in [6, 6.07) is 4.30. The van der Waals surface area contributed by atoms with Gasteiger partial charge in [0.05, 0.1) is 6.04 Å². The van der Waals surface area contributed by atoms with Crippen LogP contribution in [-0.4, -0.2) is 14.5 Å². The van der Waals surface area contributed by atoms with Crippen molar-refractivity contribution in [3.05, 3.63) is 56.1 Å². The summed E-state index contributed by atoms with van der Waals surface area (Å²) in [6.07, 6.45) is 4.81. The lowest BCUT2D eigenvalue weighted by Crippen LogP contribution is -2.41. The van der Waals surface area contributed by atoms with Crippen LogP contribution in [0.2, 0.25) is 0 Å². The lowest BCUT2D eigenvalue weighted by Gasteiger charge is -2.23. The number of benzene rings is 1. The van der Waals surface area contributed by atoms with Crippen LogP contribution in [-0.2, 0) is 0 Å². The van der Waals surface area contributed by atoms with Crippen molar-refractivity contribution in [1.82, 2.24) is 14.5 Å². The summed E-state index contributed by atoms with van der Waals surface area (Å²) in [7, 11) is 0. The van der Waals surface area contributed by atoms with Crippen LogP contribution in [0.1, 0.15) is 62.2 Å². The van der Waals surface area contributed by atoms with E-state index in [2.05, 4.69) is 15.3 Å². The Morgan fingerprint density at radius 1 is 1.28 bits per heavy atom. The summed E-state index contributed by atoms with van der Waals surface area (Å²) < 4.78 is 15.2. The van der Waals surface area contributed by atoms with Gasteiger partial charge < -0.3 is 5.32 Å². The SMILES string of the molecule is Cc1ccc(F)c([C@H](C)Nc2nc(=O)n(C3CCCCC3)c(=O)[nH]2)c1. The Bertz CT molecular complexity index is 837. The number of halogens is 1. The third kappa shape index (κ3) is 3.81. The number of anilines is 1. The largest absolute Gasteiger partial charge is 0.355 e. The molecule has 25 heavy (non-hydrogen) atoms. The van der Waals surface area contributed by atoms with Gasteiger partial charge in [-0.25, -0.2) is 18.5 Å². The topological polar surface area (TPSA) is 79.8 Å². The number of rotatable bonds is 4. The van der Waals surface area contributed by atoms with Crippen molar-refractivity contribution in [2.45, 2.75) is 58.0 Å². The molecule has 1 fully saturated rings. The zero-order valence-corrected chi connectivity index (χ0v) is 14.5. The molecule has 1 heterocycles. The van der Waals surface area contributed by atoms with Crippen molar-refractivity contribution in [1.29, 1.82) is 0 Å². The molecule has 1 atom stereocenters. The van der Waals surface area contributed by atoms with Gasteiger partial charge in [-0.15, -0.1) is 0 Å². The van der Waals surface area contributed by atoms with E-state index in [0.717, 1.165) is 37.7 Å². The summed E-state index contributed by atoms with van der Waals surface area (Å²) in [5.74, 6) is -0.279. The fourth-order valence-electron chi connectivity index (χ4n) is 3.43. The van der Waals surface area contributed by atoms with Crippen LogP contribution in [0.4, 0.5) is 10.3 Å². The summed E-state index contributed by atoms with van der Waals surface area (Å²) in [5.41, 5.74) is 0.361. The predicted octanol–water partition coefficient (Wildman–Crippen LogP) is 3.06. The molecule has 134 valence electrons. The average molecular weight is 346 g/mol. The zero-order chi connectivity index (χ0) is 18.0. The third-order valence-corrected chi connectivity index (χ3v) is 4.77. The molecule has 0 unspecified atom stereocenters. The molecule has 0 bridgehead atoms. The molecule has 1 aliphatic rings. The maximum atomic E-state index is 14.0. The fourth-order valence-corrected chi connectivity index (χ4v) is 3.43. The lowest BCUT2D eigenvalue weighted by atomic mass is 9.95. The van der Waals surface area contributed by atoms with Crippen molar-refractivity contribution in [2.24, 2.45) is 0 Å². The van der Waals surface area contributed by atoms with Gasteiger partial charge in [0.25, 0.3) is 0 Å². The highest BCUT2D eigenvalue weighted by atomic mass is 19.1. The number of hydrogen-bond donors (Lipinski definition) is 2. The second kappa shape index (κ2) is 7.21. The molecule has 0 amide bonds. The maximum Gasteiger partial charge on any atom is 0.355 e. The molecule has 1 aromatic heterocycles. The first-order valence-electron chi connectivity index (χ1n) is 8.71. The number of aromatic nitrogens is 3. The van der Waals surface area contributed by atoms with Gasteiger partial charge in [-0.1, -0.05) is 37.0 Å². The first-order valence-corrected chi connectivity index (χ1v) is 8.71. The number of nitrogens with zero attached hydrogens (tertiary/aromatic N) is 2. The molecular formula is C18H23FN4O2. The molecule has 7 heteroatoms. The highest BCUT2D eigenvalue weighted by Gasteiger charge is 2.20. The van der Waals surface area contributed by atoms with Crippen molar-refractivity contribution in [2.75, 3.05) is 5.32 Å². The standard InChI is InChI=1S/C18H23FN4O2/c1-11-8-9-15(19)14(10-11)12(2)20-16-21-17(24)23(18(25)22-16)13-6-4-3-5-7-13/h8-10,12-13H,3-7H2,1-2H3,(H2,20,21,22,24,25)/t12-/m0/s1. The molecule has 0 aliphatic heterocycles. The highest BCUT2D eigenvalue weighted by molar-refractivity contribution is 5.33. The number of aryl methyl sites for hydroxylation is 1. The fraction of sp³-hybridized carbons (Fsp3) is 0.500. The lowest BCUT2D eigenvalue weighted by molar-refractivity contribution is 0.332. The van der Waals surface area contributed by atoms with Gasteiger partial charge in [-0.3, -0.25) is 4.98 Å². The van der Waals surface area contributed by atoms with E-state index in [9.17, 15) is 14.0 Å². The van der Waals surface area contributed by atoms with Crippen LogP contribution in [0.5, 0.6) is 0 Å². The van der Waals surface area contributed by atoms with Crippen molar-refractivity contribution in [3.8, 4) is 0 Å². The quantitative estimate of drug-likeness (QED) is 0.892. The monoisotopic (exact) mass is 346 g/mol. The van der Waals surface area contributed by atoms with Gasteiger partial charge in [0.2, 0.25) is 5.95 Å². The zero-order valence-electron chi connectivity index (χ0n) is 14.5. The minimum atomic E-state index is -0.560. The Hall–Kier alpha value is -2.44. The number of hydrogen-bond acceptors (Lipinski definition) is 4. The van der Waals surface area contributed by atoms with E-state index < -0.39 is 17.4 Å². The predicted molar refractivity (Wildman–Crippen MR) is 94.4 cm³/mol. The van der Waals surface area contributed by atoms with Crippen LogP contribution < -0.4 is 16.7 Å². The second-order valence-electron chi connectivity index (χ2n) is 6.73. The summed E-state index contributed by atoms with van der Waals surface area (Å²) >= 11 is 0. The number of aromatic amines is 1. The Morgan fingerprint density at radius 3 is 2.68 bits per heavy atom. The van der Waals surface area contributed by atoms with Gasteiger partial charge in [0.15, 0.2) is 0 Å². The molecule has 1 aliphatic carbocycles. The molecule has 1 saturated carbocycles. The molecular weight excluding hydrogens is 323 g/mol. The maximum absolute atomic E-state index is 14.0. The molecule has 6 nitrogen and oxygen atoms in total. The van der Waals surface area contributed by atoms with E-state index in [0.29, 0.717) is 5.56 Å². The van der Waals surface area contributed by atoms with Gasteiger partial charge in [-0.2, -0.15) is 4.98 Å². The molecule has 2 aromatic rings. The van der Waals surface area contributed by atoms with Crippen LogP contribution in [0.15, 0.2) is 27.8 Å². The Balaban J connectivity index is 1.85. The minimum Gasteiger partial charge on any atom is -0.349 e. The summed E-state index contributed by atoms with van der Waals surface area (Å²) in [4.78, 5) is 31.2. The Kier molecular flexibility index (Phi) is 5.01. The molecule has 0 spiro atoms. The molecule has 2 N–H and O–H groups in total. The van der Waals surface area contributed by atoms with Crippen LogP contribution in [0.3, 0.4) is 0 Å². The first-order chi connectivity index (χ1) is 12.0. The number of H-pyrrole nitrogens is 1. The highest BCUT2D eigenvalue weighted by Crippen LogP contribution is 2.26. The molecule has 0 radical (unpaired) electrons. The second-order valence-corrected chi connectivity index (χ2v) is 6.73. The van der Waals surface area contributed by atoms with Gasteiger partial charge >= 0.3 is 11.4 Å². The van der Waals surface area contributed by atoms with Crippen LogP contribution in [0.25, 0.3) is 0 Å². The molecule has 0 saturated heterocycles. The van der Waals surface area contributed by atoms with E-state index in [1.54, 1.807) is 19.1 Å². The van der Waals surface area contributed by atoms with Crippen LogP contribution in [0, 0.1) is 12.7 Å². The minimum absolute atomic E-state index is 0.0652. The number of nitrogens with one attached hydrogen (secondary N) is 2. The van der Waals surface area contributed by atoms with Gasteiger partial charge in [0.1, 0.15) is 5.82 Å². The van der Waals surface area contributed by atoms with E-state index in [-0.39, 0.29) is 17.8 Å². The van der Waals surface area contributed by atoms with E-state index in [1.165, 1.54) is 10.6 Å². The van der Waals surface area contributed by atoms with E-state index in [4.69, 9.17) is 0 Å². The van der Waals surface area contributed by atoms with Crippen molar-refractivity contribution < 1.29 is 4.39 Å². The third-order valence-electron chi connectivity index (χ3n) is 4.77. The molecule has 3 rings (SSSR count). The average Bonchev–Trinajstić information content (AvgIpc) is 2.57. The molecule has 1 aromatic carbocycles. The Morgan fingerprint density at radius 2 is 2.00 bits per heavy atom. The smallest absolute Gasteiger partial charge is 0.349 e. The normalized spacial score (nSPS) is 16.6. The van der Waals surface area contributed by atoms with E-state index >= 15 is 0 Å². The Labute approximate surface area is 145 Å². The van der Waals surface area contributed by atoms with Crippen LogP contribution >= 0.6 is 0 Å². The van der Waals surface area contributed by atoms with Gasteiger partial charge in [0, 0.05) is 11.6 Å². The van der Waals surface area contributed by atoms with Crippen molar-refractivity contribution in [3.63, 3.8) is 0 Å². The van der Waals surface area contributed by atoms with Crippen molar-refractivity contribution >= 4 is 5.95 Å². The summed E-state index contributed by atoms with van der Waals surface area (Å²) in [5, 5.41) is 2.92. The van der Waals surface area contributed by atoms with E-state index in [1.807, 2.05) is 6.92 Å².